The lowest BCUT2D eigenvalue weighted by molar-refractivity contribution is 0.583. The minimum absolute atomic E-state index is 0.00831. The molecular formula is C11H18N2OS. The lowest BCUT2D eigenvalue weighted by Crippen LogP contribution is -2.30. The van der Waals surface area contributed by atoms with E-state index in [-0.39, 0.29) is 10.8 Å². The molecular weight excluding hydrogens is 208 g/mol. The Balaban J connectivity index is 2.86. The van der Waals surface area contributed by atoms with Crippen LogP contribution >= 0.6 is 12.2 Å². The predicted octanol–water partition coefficient (Wildman–Crippen LogP) is 1.58. The van der Waals surface area contributed by atoms with Gasteiger partial charge < -0.3 is 10.6 Å². The maximum Gasteiger partial charge on any atom is 0.220 e. The van der Waals surface area contributed by atoms with E-state index in [0.29, 0.717) is 10.2 Å². The van der Waals surface area contributed by atoms with Gasteiger partial charge in [-0.2, -0.15) is 0 Å². The average Bonchev–Trinajstić information content (AvgIpc) is 2.13. The summed E-state index contributed by atoms with van der Waals surface area (Å²) in [5.41, 5.74) is 1.65. The Hall–Kier alpha value is -0.740. The zero-order valence-electron chi connectivity index (χ0n) is 9.73. The highest BCUT2D eigenvalue weighted by molar-refractivity contribution is 7.71. The molecule has 0 fully saturated rings. The van der Waals surface area contributed by atoms with Crippen LogP contribution in [0.5, 0.6) is 0 Å². The molecule has 4 heteroatoms. The van der Waals surface area contributed by atoms with Crippen LogP contribution < -0.4 is 16.1 Å². The van der Waals surface area contributed by atoms with Crippen molar-refractivity contribution in [3.05, 3.63) is 20.3 Å². The lowest BCUT2D eigenvalue weighted by Gasteiger charge is -2.25. The number of nitrogens with one attached hydrogen (secondary N) is 2. The summed E-state index contributed by atoms with van der Waals surface area (Å²) in [5, 5.41) is 6.16. The van der Waals surface area contributed by atoms with Crippen LogP contribution in [0.25, 0.3) is 0 Å². The van der Waals surface area contributed by atoms with E-state index in [0.717, 1.165) is 18.7 Å². The van der Waals surface area contributed by atoms with Crippen LogP contribution in [0.1, 0.15) is 26.3 Å². The van der Waals surface area contributed by atoms with Crippen molar-refractivity contribution in [3.8, 4) is 0 Å². The van der Waals surface area contributed by atoms with E-state index in [4.69, 9.17) is 12.2 Å². The zero-order valence-corrected chi connectivity index (χ0v) is 10.5. The molecule has 0 saturated carbocycles. The van der Waals surface area contributed by atoms with Gasteiger partial charge in [0, 0.05) is 18.7 Å². The molecule has 0 radical (unpaired) electrons. The zero-order chi connectivity index (χ0) is 11.6. The molecule has 1 aromatic rings. The van der Waals surface area contributed by atoms with Crippen molar-refractivity contribution >= 4 is 17.9 Å². The van der Waals surface area contributed by atoms with E-state index in [2.05, 4.69) is 31.4 Å². The molecule has 0 bridgehead atoms. The second-order valence-corrected chi connectivity index (χ2v) is 5.10. The second-order valence-electron chi connectivity index (χ2n) is 4.69. The van der Waals surface area contributed by atoms with Gasteiger partial charge in [-0.1, -0.05) is 33.0 Å². The summed E-state index contributed by atoms with van der Waals surface area (Å²) in [4.78, 5) is 11.5. The van der Waals surface area contributed by atoms with Gasteiger partial charge in [0.25, 0.3) is 0 Å². The fourth-order valence-corrected chi connectivity index (χ4v) is 2.10. The first-order chi connectivity index (χ1) is 6.89. The molecule has 1 aromatic carbocycles. The number of hydrogen-bond donors (Lipinski definition) is 2. The van der Waals surface area contributed by atoms with Crippen molar-refractivity contribution in [2.75, 3.05) is 25.5 Å². The number of likely N-dealkylation sites (N-methyl/N-ethyl adjacent to an activating group) is 1. The summed E-state index contributed by atoms with van der Waals surface area (Å²) in [6.45, 7) is 7.79. The Morgan fingerprint density at radius 3 is 2.33 bits per heavy atom. The molecule has 15 heavy (non-hydrogen) atoms. The van der Waals surface area contributed by atoms with Crippen LogP contribution in [0, 0.1) is 4.51 Å². The van der Waals surface area contributed by atoms with Gasteiger partial charge >= 0.3 is 0 Å². The Morgan fingerprint density at radius 1 is 1.27 bits per heavy atom. The van der Waals surface area contributed by atoms with Crippen LogP contribution in [0.15, 0.2) is 4.79 Å². The first kappa shape index (κ1) is 12.3. The van der Waals surface area contributed by atoms with E-state index in [9.17, 15) is 4.79 Å². The summed E-state index contributed by atoms with van der Waals surface area (Å²) in [6, 6.07) is 0. The normalized spacial score (nSPS) is 12.0. The molecule has 0 heterocycles. The molecule has 3 nitrogen and oxygen atoms in total. The van der Waals surface area contributed by atoms with Crippen LogP contribution in [0.3, 0.4) is 0 Å². The van der Waals surface area contributed by atoms with Crippen LogP contribution in [-0.2, 0) is 5.41 Å². The number of rotatable bonds is 4. The summed E-state index contributed by atoms with van der Waals surface area (Å²) in [5.74, 6) is 0. The van der Waals surface area contributed by atoms with E-state index < -0.39 is 0 Å². The van der Waals surface area contributed by atoms with Gasteiger partial charge in [0.1, 0.15) is 0 Å². The van der Waals surface area contributed by atoms with E-state index in [1.165, 1.54) is 0 Å². The van der Waals surface area contributed by atoms with E-state index >= 15 is 0 Å². The second kappa shape index (κ2) is 4.41. The molecule has 0 aliphatic carbocycles. The lowest BCUT2D eigenvalue weighted by atomic mass is 9.83. The third-order valence-electron chi connectivity index (χ3n) is 2.34. The molecule has 2 N–H and O–H groups in total. The Morgan fingerprint density at radius 2 is 1.87 bits per heavy atom. The van der Waals surface area contributed by atoms with Crippen molar-refractivity contribution in [1.82, 2.24) is 5.32 Å². The summed E-state index contributed by atoms with van der Waals surface area (Å²) < 4.78 is 0.495. The third kappa shape index (κ3) is 2.44. The van der Waals surface area contributed by atoms with Crippen molar-refractivity contribution in [2.24, 2.45) is 0 Å². The SMILES string of the molecule is CNCCNc1c(C(C)(C)C)c(=S)c1=O. The topological polar surface area (TPSA) is 41.1 Å². The van der Waals surface area contributed by atoms with Gasteiger partial charge in [0.05, 0.1) is 10.2 Å². The fourth-order valence-electron chi connectivity index (χ4n) is 1.59. The summed E-state index contributed by atoms with van der Waals surface area (Å²) in [7, 11) is 1.88. The number of anilines is 1. The summed E-state index contributed by atoms with van der Waals surface area (Å²) >= 11 is 5.07. The van der Waals surface area contributed by atoms with Gasteiger partial charge in [0.15, 0.2) is 0 Å². The monoisotopic (exact) mass is 226 g/mol. The highest BCUT2D eigenvalue weighted by Gasteiger charge is 2.27. The molecule has 0 atom stereocenters. The van der Waals surface area contributed by atoms with Crippen molar-refractivity contribution < 1.29 is 0 Å². The van der Waals surface area contributed by atoms with Crippen LogP contribution in [-0.4, -0.2) is 20.1 Å². The molecule has 84 valence electrons. The summed E-state index contributed by atoms with van der Waals surface area (Å²) in [6.07, 6.45) is 0. The molecule has 0 saturated heterocycles. The molecule has 0 unspecified atom stereocenters. The first-order valence-corrected chi connectivity index (χ1v) is 5.52. The Kier molecular flexibility index (Phi) is 3.62. The molecule has 0 aromatic heterocycles. The minimum Gasteiger partial charge on any atom is -0.380 e. The largest absolute Gasteiger partial charge is 0.380 e. The number of hydrogen-bond acceptors (Lipinski definition) is 4. The molecule has 0 amide bonds. The average molecular weight is 226 g/mol. The third-order valence-corrected chi connectivity index (χ3v) is 2.73. The van der Waals surface area contributed by atoms with E-state index in [1.807, 2.05) is 7.05 Å². The quantitative estimate of drug-likeness (QED) is 0.604. The van der Waals surface area contributed by atoms with Gasteiger partial charge in [-0.3, -0.25) is 4.79 Å². The molecule has 0 aliphatic rings. The van der Waals surface area contributed by atoms with Gasteiger partial charge in [-0.15, -0.1) is 0 Å². The fraction of sp³-hybridized carbons (Fsp3) is 0.636. The molecule has 0 spiro atoms. The Bertz CT molecular complexity index is 411. The Labute approximate surface area is 95.6 Å². The first-order valence-electron chi connectivity index (χ1n) is 5.12. The van der Waals surface area contributed by atoms with Crippen LogP contribution in [0.4, 0.5) is 5.69 Å². The van der Waals surface area contributed by atoms with Gasteiger partial charge in [0.2, 0.25) is 5.43 Å². The predicted molar refractivity (Wildman–Crippen MR) is 67.0 cm³/mol. The van der Waals surface area contributed by atoms with Gasteiger partial charge in [-0.25, -0.2) is 0 Å². The highest BCUT2D eigenvalue weighted by Crippen LogP contribution is 2.30. The maximum absolute atomic E-state index is 11.5. The van der Waals surface area contributed by atoms with Crippen LogP contribution in [0.2, 0.25) is 0 Å². The van der Waals surface area contributed by atoms with E-state index in [1.54, 1.807) is 0 Å². The van der Waals surface area contributed by atoms with Crippen molar-refractivity contribution in [3.63, 3.8) is 0 Å². The smallest absolute Gasteiger partial charge is 0.220 e. The van der Waals surface area contributed by atoms with Crippen molar-refractivity contribution in [2.45, 2.75) is 26.2 Å². The van der Waals surface area contributed by atoms with Crippen molar-refractivity contribution in [1.29, 1.82) is 0 Å². The highest BCUT2D eigenvalue weighted by atomic mass is 32.1. The molecule has 0 aliphatic heterocycles. The van der Waals surface area contributed by atoms with Gasteiger partial charge in [-0.05, 0) is 12.5 Å². The maximum atomic E-state index is 11.5. The standard InChI is InChI=1S/C11H18N2OS/c1-11(2,3)7-8(9(14)10(7)15)13-6-5-12-4/h12-13H,5-6H2,1-4H3. The molecule has 1 rings (SSSR count). The minimum atomic E-state index is -0.0486.